The van der Waals surface area contributed by atoms with Gasteiger partial charge in [0.1, 0.15) is 0 Å². The summed E-state index contributed by atoms with van der Waals surface area (Å²) in [5.41, 5.74) is 6.94. The molecule has 0 aliphatic heterocycles. The summed E-state index contributed by atoms with van der Waals surface area (Å²) in [5, 5.41) is 8.57. The molecule has 0 spiro atoms. The van der Waals surface area contributed by atoms with Crippen LogP contribution in [0.15, 0.2) is 4.42 Å². The Balaban J connectivity index is 1.76. The Bertz CT molecular complexity index is 532. The third-order valence-corrected chi connectivity index (χ3v) is 5.91. The van der Waals surface area contributed by atoms with Gasteiger partial charge in [-0.1, -0.05) is 13.8 Å². The maximum atomic E-state index is 5.97. The number of nitrogens with zero attached hydrogens (tertiary/aromatic N) is 2. The number of nitrogens with two attached hydrogens (primary N) is 1. The van der Waals surface area contributed by atoms with E-state index in [2.05, 4.69) is 24.0 Å². The Labute approximate surface area is 120 Å². The summed E-state index contributed by atoms with van der Waals surface area (Å²) in [5.74, 6) is 2.30. The Morgan fingerprint density at radius 3 is 2.25 bits per heavy atom. The third kappa shape index (κ3) is 1.70. The second-order valence-electron chi connectivity index (χ2n) is 8.64. The Hall–Kier alpha value is -0.900. The van der Waals surface area contributed by atoms with Crippen molar-refractivity contribution in [2.45, 2.75) is 70.8 Å². The zero-order chi connectivity index (χ0) is 14.2. The van der Waals surface area contributed by atoms with Gasteiger partial charge in [-0.25, -0.2) is 0 Å². The molecule has 0 amide bonds. The first-order chi connectivity index (χ1) is 9.32. The fraction of sp³-hybridized carbons (Fsp3) is 0.875. The van der Waals surface area contributed by atoms with Crippen molar-refractivity contribution in [3.63, 3.8) is 0 Å². The van der Waals surface area contributed by atoms with E-state index in [1.165, 1.54) is 38.5 Å². The molecular weight excluding hydrogens is 250 g/mol. The van der Waals surface area contributed by atoms with Crippen molar-refractivity contribution in [2.75, 3.05) is 0 Å². The quantitative estimate of drug-likeness (QED) is 0.899. The molecule has 4 bridgehead atoms. The Morgan fingerprint density at radius 2 is 1.75 bits per heavy atom. The minimum absolute atomic E-state index is 0.128. The highest BCUT2D eigenvalue weighted by Gasteiger charge is 2.62. The van der Waals surface area contributed by atoms with E-state index in [0.717, 1.165) is 11.8 Å². The van der Waals surface area contributed by atoms with Gasteiger partial charge in [-0.2, -0.15) is 0 Å². The minimum atomic E-state index is -0.170. The van der Waals surface area contributed by atoms with Crippen LogP contribution in [0.5, 0.6) is 0 Å². The Morgan fingerprint density at radius 1 is 1.10 bits per heavy atom. The first kappa shape index (κ1) is 12.8. The van der Waals surface area contributed by atoms with Crippen LogP contribution in [0, 0.1) is 16.7 Å². The van der Waals surface area contributed by atoms with Gasteiger partial charge in [0.25, 0.3) is 0 Å². The van der Waals surface area contributed by atoms with Crippen LogP contribution < -0.4 is 5.73 Å². The molecule has 0 saturated heterocycles. The van der Waals surface area contributed by atoms with E-state index in [4.69, 9.17) is 10.2 Å². The minimum Gasteiger partial charge on any atom is -0.423 e. The predicted molar refractivity (Wildman–Crippen MR) is 76.0 cm³/mol. The van der Waals surface area contributed by atoms with Crippen LogP contribution in [0.4, 0.5) is 0 Å². The Kier molecular flexibility index (Phi) is 2.34. The molecule has 0 aromatic carbocycles. The predicted octanol–water partition coefficient (Wildman–Crippen LogP) is 3.34. The van der Waals surface area contributed by atoms with Crippen LogP contribution in [0.2, 0.25) is 0 Å². The van der Waals surface area contributed by atoms with Crippen molar-refractivity contribution in [1.29, 1.82) is 0 Å². The SMILES string of the molecule is CC(N)c1nnc(C23CC4CC(C)(CC(C)(C4)C2)C3)o1. The number of hydrogen-bond donors (Lipinski definition) is 1. The van der Waals surface area contributed by atoms with E-state index in [-0.39, 0.29) is 11.5 Å². The van der Waals surface area contributed by atoms with Crippen LogP contribution in [0.25, 0.3) is 0 Å². The van der Waals surface area contributed by atoms with Gasteiger partial charge in [0.2, 0.25) is 11.8 Å². The number of rotatable bonds is 2. The highest BCUT2D eigenvalue weighted by Crippen LogP contribution is 2.69. The molecule has 4 saturated carbocycles. The molecule has 110 valence electrons. The van der Waals surface area contributed by atoms with Gasteiger partial charge >= 0.3 is 0 Å². The lowest BCUT2D eigenvalue weighted by Crippen LogP contribution is -2.57. The summed E-state index contributed by atoms with van der Waals surface area (Å²) in [4.78, 5) is 0. The summed E-state index contributed by atoms with van der Waals surface area (Å²) in [6.45, 7) is 6.83. The van der Waals surface area contributed by atoms with Crippen molar-refractivity contribution in [3.05, 3.63) is 11.8 Å². The second-order valence-corrected chi connectivity index (χ2v) is 8.64. The molecule has 1 aromatic heterocycles. The van der Waals surface area contributed by atoms with Crippen molar-refractivity contribution >= 4 is 0 Å². The van der Waals surface area contributed by atoms with E-state index in [9.17, 15) is 0 Å². The van der Waals surface area contributed by atoms with E-state index < -0.39 is 0 Å². The average Bonchev–Trinajstić information content (AvgIpc) is 2.72. The lowest BCUT2D eigenvalue weighted by Gasteiger charge is -2.64. The zero-order valence-electron chi connectivity index (χ0n) is 12.8. The van der Waals surface area contributed by atoms with Crippen LogP contribution in [0.3, 0.4) is 0 Å². The molecule has 3 unspecified atom stereocenters. The monoisotopic (exact) mass is 275 g/mol. The first-order valence-corrected chi connectivity index (χ1v) is 7.91. The van der Waals surface area contributed by atoms with E-state index in [1.807, 2.05) is 6.92 Å². The van der Waals surface area contributed by atoms with Crippen molar-refractivity contribution < 1.29 is 4.42 Å². The molecule has 20 heavy (non-hydrogen) atoms. The second kappa shape index (κ2) is 3.65. The highest BCUT2D eigenvalue weighted by molar-refractivity contribution is 5.20. The van der Waals surface area contributed by atoms with Gasteiger partial charge in [0.15, 0.2) is 0 Å². The largest absolute Gasteiger partial charge is 0.423 e. The highest BCUT2D eigenvalue weighted by atomic mass is 16.4. The number of aromatic nitrogens is 2. The summed E-state index contributed by atoms with van der Waals surface area (Å²) in [6.07, 6.45) is 7.81. The molecule has 2 N–H and O–H groups in total. The van der Waals surface area contributed by atoms with Crippen molar-refractivity contribution in [3.8, 4) is 0 Å². The van der Waals surface area contributed by atoms with Gasteiger partial charge in [0, 0.05) is 5.41 Å². The lowest BCUT2D eigenvalue weighted by atomic mass is 9.40. The van der Waals surface area contributed by atoms with E-state index >= 15 is 0 Å². The topological polar surface area (TPSA) is 64.9 Å². The van der Waals surface area contributed by atoms with Gasteiger partial charge in [0.05, 0.1) is 6.04 Å². The zero-order valence-corrected chi connectivity index (χ0v) is 12.8. The molecule has 4 aliphatic carbocycles. The molecule has 1 aromatic rings. The molecule has 1 heterocycles. The van der Waals surface area contributed by atoms with Crippen LogP contribution in [-0.4, -0.2) is 10.2 Å². The maximum Gasteiger partial charge on any atom is 0.232 e. The van der Waals surface area contributed by atoms with Gasteiger partial charge in [-0.15, -0.1) is 10.2 Å². The van der Waals surface area contributed by atoms with Crippen LogP contribution in [0.1, 0.15) is 77.1 Å². The molecule has 4 fully saturated rings. The van der Waals surface area contributed by atoms with Gasteiger partial charge < -0.3 is 10.2 Å². The smallest absolute Gasteiger partial charge is 0.232 e. The summed E-state index contributed by atoms with van der Waals surface area (Å²) >= 11 is 0. The normalized spacial score (nSPS) is 47.7. The lowest BCUT2D eigenvalue weighted by molar-refractivity contribution is -0.117. The van der Waals surface area contributed by atoms with Crippen LogP contribution in [-0.2, 0) is 5.41 Å². The molecule has 4 nitrogen and oxygen atoms in total. The maximum absolute atomic E-state index is 5.97. The van der Waals surface area contributed by atoms with E-state index in [1.54, 1.807) is 0 Å². The summed E-state index contributed by atoms with van der Waals surface area (Å²) in [7, 11) is 0. The van der Waals surface area contributed by atoms with Crippen molar-refractivity contribution in [2.24, 2.45) is 22.5 Å². The fourth-order valence-corrected chi connectivity index (χ4v) is 6.32. The fourth-order valence-electron chi connectivity index (χ4n) is 6.32. The first-order valence-electron chi connectivity index (χ1n) is 7.91. The number of hydrogen-bond acceptors (Lipinski definition) is 4. The van der Waals surface area contributed by atoms with Crippen molar-refractivity contribution in [1.82, 2.24) is 10.2 Å². The van der Waals surface area contributed by atoms with Gasteiger partial charge in [-0.3, -0.25) is 0 Å². The molecule has 4 aliphatic rings. The summed E-state index contributed by atoms with van der Waals surface area (Å²) in [6, 6.07) is -0.170. The molecule has 0 radical (unpaired) electrons. The van der Waals surface area contributed by atoms with Gasteiger partial charge in [-0.05, 0) is 62.2 Å². The summed E-state index contributed by atoms with van der Waals surface area (Å²) < 4.78 is 5.97. The average molecular weight is 275 g/mol. The van der Waals surface area contributed by atoms with E-state index in [0.29, 0.717) is 16.7 Å². The molecule has 5 rings (SSSR count). The molecule has 3 atom stereocenters. The third-order valence-electron chi connectivity index (χ3n) is 5.91. The molecular formula is C16H25N3O. The standard InChI is InChI=1S/C16H25N3O/c1-10(17)12-18-19-13(20-12)16-6-11-4-14(2,8-16)7-15(3,5-11)9-16/h10-11H,4-9,17H2,1-3H3. The van der Waals surface area contributed by atoms with Crippen LogP contribution >= 0.6 is 0 Å². The molecule has 4 heteroatoms.